The first-order valence-electron chi connectivity index (χ1n) is 7.87. The summed E-state index contributed by atoms with van der Waals surface area (Å²) in [4.78, 5) is 13.0. The molecule has 0 radical (unpaired) electrons. The number of ketones is 1. The van der Waals surface area contributed by atoms with Crippen LogP contribution < -0.4 is 9.05 Å². The number of hydrogen-bond donors (Lipinski definition) is 0. The average Bonchev–Trinajstić information content (AvgIpc) is 3.09. The Morgan fingerprint density at radius 2 is 1.28 bits per heavy atom. The summed E-state index contributed by atoms with van der Waals surface area (Å²) in [6, 6.07) is 25.8. The zero-order valence-electron chi connectivity index (χ0n) is 13.2. The van der Waals surface area contributed by atoms with Crippen LogP contribution >= 0.6 is 8.60 Å². The number of fused-ring (bicyclic) bond motifs is 1. The standard InChI is InChI=1S/C20H15O4P/c21-19(15-9-3-1-4-10-15)20(16-11-5-2-6-12-16)24-25-22-17-13-7-8-14-18(17)23-25/h1-14,20H. The molecule has 1 aliphatic heterocycles. The van der Waals surface area contributed by atoms with Gasteiger partial charge in [0.25, 0.3) is 0 Å². The number of para-hydroxylation sites is 2. The third-order valence-electron chi connectivity index (χ3n) is 3.79. The number of carbonyl (C=O) groups excluding carboxylic acids is 1. The lowest BCUT2D eigenvalue weighted by Gasteiger charge is -2.18. The first kappa shape index (κ1) is 15.8. The zero-order chi connectivity index (χ0) is 17.1. The maximum absolute atomic E-state index is 13.0. The molecule has 3 aromatic rings. The van der Waals surface area contributed by atoms with E-state index in [1.807, 2.05) is 72.8 Å². The Morgan fingerprint density at radius 3 is 1.88 bits per heavy atom. The topological polar surface area (TPSA) is 44.8 Å². The Labute approximate surface area is 147 Å². The van der Waals surface area contributed by atoms with Gasteiger partial charge in [-0.2, -0.15) is 0 Å². The van der Waals surface area contributed by atoms with Gasteiger partial charge in [-0.15, -0.1) is 0 Å². The van der Waals surface area contributed by atoms with E-state index in [1.54, 1.807) is 12.1 Å². The highest BCUT2D eigenvalue weighted by atomic mass is 31.2. The van der Waals surface area contributed by atoms with E-state index < -0.39 is 14.7 Å². The molecule has 0 fully saturated rings. The minimum absolute atomic E-state index is 0.127. The van der Waals surface area contributed by atoms with E-state index in [9.17, 15) is 4.79 Å². The molecule has 0 aliphatic carbocycles. The molecular formula is C20H15O4P. The summed E-state index contributed by atoms with van der Waals surface area (Å²) in [7, 11) is -1.68. The molecule has 0 saturated carbocycles. The van der Waals surface area contributed by atoms with Crippen molar-refractivity contribution in [1.82, 2.24) is 0 Å². The summed E-state index contributed by atoms with van der Waals surface area (Å²) in [6.45, 7) is 0. The van der Waals surface area contributed by atoms with E-state index in [2.05, 4.69) is 0 Å². The van der Waals surface area contributed by atoms with Crippen LogP contribution in [0, 0.1) is 0 Å². The highest BCUT2D eigenvalue weighted by Crippen LogP contribution is 2.55. The summed E-state index contributed by atoms with van der Waals surface area (Å²) in [5.41, 5.74) is 1.35. The lowest BCUT2D eigenvalue weighted by molar-refractivity contribution is 0.0780. The van der Waals surface area contributed by atoms with Crippen LogP contribution in [-0.4, -0.2) is 5.78 Å². The predicted octanol–water partition coefficient (Wildman–Crippen LogP) is 5.33. The predicted molar refractivity (Wildman–Crippen MR) is 95.7 cm³/mol. The highest BCUT2D eigenvalue weighted by molar-refractivity contribution is 7.43. The molecule has 1 atom stereocenters. The summed E-state index contributed by atoms with van der Waals surface area (Å²) in [6.07, 6.45) is -0.788. The molecule has 1 aliphatic rings. The minimum atomic E-state index is -1.68. The van der Waals surface area contributed by atoms with Crippen LogP contribution in [0.4, 0.5) is 0 Å². The smallest absolute Gasteiger partial charge is 0.414 e. The van der Waals surface area contributed by atoms with Crippen molar-refractivity contribution < 1.29 is 18.4 Å². The fourth-order valence-corrected chi connectivity index (χ4v) is 3.69. The first-order valence-corrected chi connectivity index (χ1v) is 8.97. The van der Waals surface area contributed by atoms with Crippen molar-refractivity contribution in [3.05, 3.63) is 96.1 Å². The molecule has 4 rings (SSSR count). The lowest BCUT2D eigenvalue weighted by Crippen LogP contribution is -2.15. The van der Waals surface area contributed by atoms with Gasteiger partial charge in [0.2, 0.25) is 0 Å². The summed E-state index contributed by atoms with van der Waals surface area (Å²) in [5, 5.41) is 0. The molecule has 5 heteroatoms. The third-order valence-corrected chi connectivity index (χ3v) is 4.86. The quantitative estimate of drug-likeness (QED) is 0.461. The Kier molecular flexibility index (Phi) is 4.47. The van der Waals surface area contributed by atoms with E-state index in [4.69, 9.17) is 13.6 Å². The van der Waals surface area contributed by atoms with Crippen molar-refractivity contribution >= 4 is 14.4 Å². The maximum atomic E-state index is 13.0. The van der Waals surface area contributed by atoms with Gasteiger partial charge in [-0.1, -0.05) is 72.8 Å². The van der Waals surface area contributed by atoms with Gasteiger partial charge in [0.1, 0.15) is 0 Å². The van der Waals surface area contributed by atoms with Crippen LogP contribution in [0.1, 0.15) is 22.0 Å². The van der Waals surface area contributed by atoms with Crippen LogP contribution in [0.2, 0.25) is 0 Å². The van der Waals surface area contributed by atoms with E-state index >= 15 is 0 Å². The van der Waals surface area contributed by atoms with Crippen molar-refractivity contribution in [3.8, 4) is 11.5 Å². The Hall–Kier alpha value is -2.68. The van der Waals surface area contributed by atoms with Crippen molar-refractivity contribution in [2.45, 2.75) is 6.10 Å². The van der Waals surface area contributed by atoms with Crippen LogP contribution in [0.15, 0.2) is 84.9 Å². The van der Waals surface area contributed by atoms with Gasteiger partial charge in [0.05, 0.1) is 0 Å². The van der Waals surface area contributed by atoms with Gasteiger partial charge in [0, 0.05) is 5.56 Å². The second-order valence-electron chi connectivity index (χ2n) is 5.48. The van der Waals surface area contributed by atoms with Gasteiger partial charge in [-0.25, -0.2) is 0 Å². The monoisotopic (exact) mass is 350 g/mol. The van der Waals surface area contributed by atoms with Crippen LogP contribution in [0.3, 0.4) is 0 Å². The highest BCUT2D eigenvalue weighted by Gasteiger charge is 2.34. The molecule has 1 unspecified atom stereocenters. The molecule has 0 N–H and O–H groups in total. The first-order chi connectivity index (χ1) is 12.3. The number of carbonyl (C=O) groups is 1. The van der Waals surface area contributed by atoms with Crippen LogP contribution in [-0.2, 0) is 4.52 Å². The second kappa shape index (κ2) is 7.06. The maximum Gasteiger partial charge on any atom is 0.464 e. The summed E-state index contributed by atoms with van der Waals surface area (Å²) < 4.78 is 17.4. The number of Topliss-reactive ketones (excluding diaryl/α,β-unsaturated/α-hetero) is 1. The van der Waals surface area contributed by atoms with E-state index in [0.717, 1.165) is 5.56 Å². The molecule has 4 nitrogen and oxygen atoms in total. The summed E-state index contributed by atoms with van der Waals surface area (Å²) >= 11 is 0. The minimum Gasteiger partial charge on any atom is -0.414 e. The van der Waals surface area contributed by atoms with Gasteiger partial charge in [-0.3, -0.25) is 9.32 Å². The molecule has 0 aromatic heterocycles. The molecule has 25 heavy (non-hydrogen) atoms. The fourth-order valence-electron chi connectivity index (χ4n) is 2.55. The molecule has 0 saturated heterocycles. The van der Waals surface area contributed by atoms with E-state index in [0.29, 0.717) is 17.1 Å². The Morgan fingerprint density at radius 1 is 0.760 bits per heavy atom. The SMILES string of the molecule is O=C(c1ccccc1)C(OP1Oc2ccccc2O1)c1ccccc1. The normalized spacial score (nSPS) is 14.2. The van der Waals surface area contributed by atoms with Crippen molar-refractivity contribution in [2.24, 2.45) is 0 Å². The number of rotatable bonds is 5. The van der Waals surface area contributed by atoms with Gasteiger partial charge >= 0.3 is 8.60 Å². The third kappa shape index (κ3) is 3.41. The molecule has 0 spiro atoms. The zero-order valence-corrected chi connectivity index (χ0v) is 14.1. The molecule has 0 amide bonds. The number of benzene rings is 3. The average molecular weight is 350 g/mol. The molecule has 1 heterocycles. The van der Waals surface area contributed by atoms with Crippen molar-refractivity contribution in [3.63, 3.8) is 0 Å². The Balaban J connectivity index is 1.60. The van der Waals surface area contributed by atoms with Crippen molar-refractivity contribution in [2.75, 3.05) is 0 Å². The van der Waals surface area contributed by atoms with Crippen LogP contribution in [0.25, 0.3) is 0 Å². The lowest BCUT2D eigenvalue weighted by atomic mass is 10.0. The Bertz CT molecular complexity index is 842. The summed E-state index contributed by atoms with van der Waals surface area (Å²) in [5.74, 6) is 1.14. The van der Waals surface area contributed by atoms with Crippen molar-refractivity contribution in [1.29, 1.82) is 0 Å². The van der Waals surface area contributed by atoms with E-state index in [1.165, 1.54) is 0 Å². The van der Waals surface area contributed by atoms with Gasteiger partial charge in [0.15, 0.2) is 23.4 Å². The number of hydrogen-bond acceptors (Lipinski definition) is 4. The van der Waals surface area contributed by atoms with Gasteiger partial charge in [-0.05, 0) is 17.7 Å². The molecule has 3 aromatic carbocycles. The van der Waals surface area contributed by atoms with Crippen LogP contribution in [0.5, 0.6) is 11.5 Å². The molecule has 124 valence electrons. The molecular weight excluding hydrogens is 335 g/mol. The fraction of sp³-hybridized carbons (Fsp3) is 0.0500. The largest absolute Gasteiger partial charge is 0.464 e. The molecule has 0 bridgehead atoms. The van der Waals surface area contributed by atoms with E-state index in [-0.39, 0.29) is 5.78 Å². The second-order valence-corrected chi connectivity index (χ2v) is 6.50. The van der Waals surface area contributed by atoms with Gasteiger partial charge < -0.3 is 9.05 Å².